The first-order valence-corrected chi connectivity index (χ1v) is 9.49. The maximum absolute atomic E-state index is 12.4. The normalized spacial score (nSPS) is 19.6. The predicted octanol–water partition coefficient (Wildman–Crippen LogP) is 3.32. The molecule has 1 atom stereocenters. The third-order valence-corrected chi connectivity index (χ3v) is 4.70. The molecular formula is C19H21NO4S. The zero-order valence-electron chi connectivity index (χ0n) is 14.5. The molecule has 0 aromatic heterocycles. The van der Waals surface area contributed by atoms with E-state index >= 15 is 0 Å². The van der Waals surface area contributed by atoms with Crippen LogP contribution >= 0.6 is 0 Å². The summed E-state index contributed by atoms with van der Waals surface area (Å²) in [6.07, 6.45) is 2.86. The number of allylic oxidation sites excluding steroid dienone is 3. The summed E-state index contributed by atoms with van der Waals surface area (Å²) in [6, 6.07) is 5.74. The second kappa shape index (κ2) is 7.06. The molecule has 1 heterocycles. The van der Waals surface area contributed by atoms with Crippen LogP contribution in [0.4, 0.5) is 0 Å². The molecular weight excluding hydrogens is 338 g/mol. The van der Waals surface area contributed by atoms with Gasteiger partial charge in [-0.3, -0.25) is 9.79 Å². The van der Waals surface area contributed by atoms with Crippen molar-refractivity contribution >= 4 is 28.1 Å². The smallest absolute Gasteiger partial charge is 0.167 e. The minimum Gasteiger partial charge on any atom is -0.491 e. The second-order valence-corrected chi connectivity index (χ2v) is 7.55. The van der Waals surface area contributed by atoms with Crippen LogP contribution in [-0.2, 0) is 22.3 Å². The highest BCUT2D eigenvalue weighted by molar-refractivity contribution is 7.79. The lowest BCUT2D eigenvalue weighted by Crippen LogP contribution is -2.05. The maximum atomic E-state index is 12.4. The Labute approximate surface area is 149 Å². The van der Waals surface area contributed by atoms with E-state index in [2.05, 4.69) is 4.99 Å². The van der Waals surface area contributed by atoms with Gasteiger partial charge in [-0.2, -0.15) is 0 Å². The minimum absolute atomic E-state index is 0.0232. The number of fused-ring (bicyclic) bond motifs is 1. The van der Waals surface area contributed by atoms with Crippen LogP contribution in [0.15, 0.2) is 40.5 Å². The number of carbonyl (C=O) groups is 1. The average Bonchev–Trinajstić information content (AvgIpc) is 2.99. The number of Topliss-reactive ketones (excluding diaryl/α,β-unsaturated/α-hetero) is 1. The molecule has 6 heteroatoms. The number of hydrogen-bond donors (Lipinski definition) is 1. The fraction of sp³-hybridized carbons (Fsp3) is 0.368. The Morgan fingerprint density at radius 3 is 2.80 bits per heavy atom. The first-order chi connectivity index (χ1) is 11.8. The molecule has 1 unspecified atom stereocenters. The highest BCUT2D eigenvalue weighted by atomic mass is 32.2. The Morgan fingerprint density at radius 2 is 2.12 bits per heavy atom. The van der Waals surface area contributed by atoms with Gasteiger partial charge in [0.25, 0.3) is 0 Å². The summed E-state index contributed by atoms with van der Waals surface area (Å²) in [5.41, 5.74) is 4.88. The summed E-state index contributed by atoms with van der Waals surface area (Å²) in [7, 11) is 0. The number of ketones is 1. The highest BCUT2D eigenvalue weighted by Crippen LogP contribution is 2.34. The van der Waals surface area contributed by atoms with E-state index in [4.69, 9.17) is 9.29 Å². The minimum atomic E-state index is -1.92. The van der Waals surface area contributed by atoms with Crippen molar-refractivity contribution in [2.75, 3.05) is 5.75 Å². The van der Waals surface area contributed by atoms with Crippen LogP contribution in [0.3, 0.4) is 0 Å². The summed E-state index contributed by atoms with van der Waals surface area (Å²) < 4.78 is 25.8. The van der Waals surface area contributed by atoms with Crippen molar-refractivity contribution in [2.45, 2.75) is 39.7 Å². The van der Waals surface area contributed by atoms with E-state index in [1.807, 2.05) is 45.0 Å². The molecule has 0 radical (unpaired) electrons. The van der Waals surface area contributed by atoms with Gasteiger partial charge in [-0.1, -0.05) is 6.07 Å². The first-order valence-electron chi connectivity index (χ1n) is 8.22. The third-order valence-electron chi connectivity index (χ3n) is 4.18. The monoisotopic (exact) mass is 359 g/mol. The molecule has 0 bridgehead atoms. The molecule has 132 valence electrons. The third kappa shape index (κ3) is 3.96. The maximum Gasteiger partial charge on any atom is 0.167 e. The fourth-order valence-corrected chi connectivity index (χ4v) is 3.63. The molecule has 0 fully saturated rings. The topological polar surface area (TPSA) is 76.0 Å². The fourth-order valence-electron chi connectivity index (χ4n) is 3.09. The van der Waals surface area contributed by atoms with Crippen molar-refractivity contribution in [1.82, 2.24) is 0 Å². The van der Waals surface area contributed by atoms with E-state index in [-0.39, 0.29) is 17.6 Å². The van der Waals surface area contributed by atoms with Crippen molar-refractivity contribution in [3.05, 3.63) is 46.7 Å². The van der Waals surface area contributed by atoms with Crippen molar-refractivity contribution in [3.63, 3.8) is 0 Å². The molecule has 0 amide bonds. The summed E-state index contributed by atoms with van der Waals surface area (Å²) in [6.45, 7) is 5.82. The van der Waals surface area contributed by atoms with E-state index in [1.165, 1.54) is 0 Å². The summed E-state index contributed by atoms with van der Waals surface area (Å²) >= 11 is -1.92. The van der Waals surface area contributed by atoms with Crippen LogP contribution < -0.4 is 4.74 Å². The Bertz CT molecular complexity index is 849. The van der Waals surface area contributed by atoms with Crippen LogP contribution in [0, 0.1) is 0 Å². The van der Waals surface area contributed by atoms with Gasteiger partial charge in [0, 0.05) is 24.1 Å². The van der Waals surface area contributed by atoms with Gasteiger partial charge in [0.15, 0.2) is 16.9 Å². The Balaban J connectivity index is 1.91. The summed E-state index contributed by atoms with van der Waals surface area (Å²) in [5.74, 6) is 0.833. The number of hydrogen-bond acceptors (Lipinski definition) is 4. The molecule has 0 saturated carbocycles. The number of nitrogens with zero attached hydrogens (tertiary/aromatic N) is 1. The van der Waals surface area contributed by atoms with E-state index < -0.39 is 11.1 Å². The molecule has 1 aliphatic carbocycles. The van der Waals surface area contributed by atoms with Crippen LogP contribution in [-0.4, -0.2) is 32.1 Å². The number of ether oxygens (including phenoxy) is 1. The van der Waals surface area contributed by atoms with Crippen molar-refractivity contribution in [3.8, 4) is 5.75 Å². The molecule has 25 heavy (non-hydrogen) atoms. The number of carbonyl (C=O) groups excluding carboxylic acids is 1. The SMILES string of the molecule is CC1=C(CS(=O)O)N=C(/C=C2\C(=O)Cc3ccc(OC(C)C)cc32)C1. The first kappa shape index (κ1) is 17.8. The van der Waals surface area contributed by atoms with E-state index in [1.54, 1.807) is 0 Å². The van der Waals surface area contributed by atoms with Gasteiger partial charge in [-0.15, -0.1) is 0 Å². The van der Waals surface area contributed by atoms with Crippen molar-refractivity contribution in [1.29, 1.82) is 0 Å². The quantitative estimate of drug-likeness (QED) is 0.646. The van der Waals surface area contributed by atoms with Crippen LogP contribution in [0.25, 0.3) is 5.57 Å². The Morgan fingerprint density at radius 1 is 1.36 bits per heavy atom. The number of aliphatic imine (C=N–C) groups is 1. The van der Waals surface area contributed by atoms with E-state index in [9.17, 15) is 9.00 Å². The van der Waals surface area contributed by atoms with Gasteiger partial charge in [-0.25, -0.2) is 4.21 Å². The molecule has 0 saturated heterocycles. The van der Waals surface area contributed by atoms with Gasteiger partial charge >= 0.3 is 0 Å². The van der Waals surface area contributed by atoms with E-state index in [0.29, 0.717) is 24.1 Å². The van der Waals surface area contributed by atoms with Gasteiger partial charge in [0.05, 0.1) is 17.6 Å². The molecule has 0 spiro atoms. The van der Waals surface area contributed by atoms with E-state index in [0.717, 1.165) is 28.2 Å². The molecule has 3 rings (SSSR count). The van der Waals surface area contributed by atoms with Crippen molar-refractivity contribution in [2.24, 2.45) is 4.99 Å². The Hall–Kier alpha value is -2.05. The van der Waals surface area contributed by atoms with Gasteiger partial charge in [0.1, 0.15) is 5.75 Å². The molecule has 1 N–H and O–H groups in total. The molecule has 2 aliphatic rings. The lowest BCUT2D eigenvalue weighted by atomic mass is 10.0. The van der Waals surface area contributed by atoms with Crippen LogP contribution in [0.5, 0.6) is 5.75 Å². The highest BCUT2D eigenvalue weighted by Gasteiger charge is 2.26. The van der Waals surface area contributed by atoms with Gasteiger partial charge in [0.2, 0.25) is 0 Å². The average molecular weight is 359 g/mol. The van der Waals surface area contributed by atoms with Crippen molar-refractivity contribution < 1.29 is 18.3 Å². The number of rotatable bonds is 5. The zero-order valence-corrected chi connectivity index (χ0v) is 15.4. The predicted molar refractivity (Wildman–Crippen MR) is 99.3 cm³/mol. The second-order valence-electron chi connectivity index (χ2n) is 6.62. The van der Waals surface area contributed by atoms with Crippen LogP contribution in [0.1, 0.15) is 38.3 Å². The zero-order chi connectivity index (χ0) is 18.1. The Kier molecular flexibility index (Phi) is 5.01. The van der Waals surface area contributed by atoms with Gasteiger partial charge < -0.3 is 9.29 Å². The summed E-state index contributed by atoms with van der Waals surface area (Å²) in [5, 5.41) is 0. The largest absolute Gasteiger partial charge is 0.491 e. The van der Waals surface area contributed by atoms with Gasteiger partial charge in [-0.05, 0) is 55.7 Å². The molecule has 1 aromatic rings. The lowest BCUT2D eigenvalue weighted by molar-refractivity contribution is -0.112. The lowest BCUT2D eigenvalue weighted by Gasteiger charge is -2.11. The van der Waals surface area contributed by atoms with Crippen LogP contribution in [0.2, 0.25) is 0 Å². The standard InChI is InChI=1S/C19H21NO4S/c1-11(2)24-15-5-4-13-7-19(21)17(16(13)9-15)8-14-6-12(3)18(20-14)10-25(22)23/h4-5,8-9,11H,6-7,10H2,1-3H3,(H,22,23)/b17-8-. The molecule has 1 aromatic carbocycles. The molecule has 1 aliphatic heterocycles. The molecule has 5 nitrogen and oxygen atoms in total. The summed E-state index contributed by atoms with van der Waals surface area (Å²) in [4.78, 5) is 16.9. The number of benzene rings is 1.